The molecule has 69 valence electrons. The fourth-order valence-electron chi connectivity index (χ4n) is 0.839. The number of hydrogen-bond donors (Lipinski definition) is 0. The molecule has 0 saturated carbocycles. The molecule has 0 amide bonds. The van der Waals surface area contributed by atoms with Crippen molar-refractivity contribution in [3.05, 3.63) is 36.5 Å². The molecule has 1 rings (SSSR count). The lowest BCUT2D eigenvalue weighted by Gasteiger charge is -2.06. The second-order valence-corrected chi connectivity index (χ2v) is 2.90. The number of carbonyl (C=O) groups is 1. The molecule has 1 radical (unpaired) electrons. The molecule has 3 nitrogen and oxygen atoms in total. The van der Waals surface area contributed by atoms with Gasteiger partial charge in [0, 0.05) is 11.9 Å². The summed E-state index contributed by atoms with van der Waals surface area (Å²) in [6.07, 6.45) is 1.16. The van der Waals surface area contributed by atoms with Crippen LogP contribution in [0.1, 0.15) is 23.0 Å². The number of rotatable bonds is 2. The monoisotopic (exact) mass is 178 g/mol. The minimum atomic E-state index is -0.380. The van der Waals surface area contributed by atoms with E-state index in [1.54, 1.807) is 19.1 Å². The first-order valence-electron chi connectivity index (χ1n) is 4.06. The van der Waals surface area contributed by atoms with Gasteiger partial charge in [-0.3, -0.25) is 4.98 Å². The molecule has 0 bridgehead atoms. The average Bonchev–Trinajstić information content (AvgIpc) is 2.04. The first kappa shape index (κ1) is 9.71. The predicted molar refractivity (Wildman–Crippen MR) is 49.2 cm³/mol. The summed E-state index contributed by atoms with van der Waals surface area (Å²) in [4.78, 5) is 15.3. The van der Waals surface area contributed by atoms with Crippen LogP contribution in [0, 0.1) is 13.8 Å². The number of esters is 1. The first-order chi connectivity index (χ1) is 6.09. The summed E-state index contributed by atoms with van der Waals surface area (Å²) < 4.78 is 4.89. The largest absolute Gasteiger partial charge is 0.459 e. The van der Waals surface area contributed by atoms with E-state index in [1.165, 1.54) is 6.20 Å². The number of aromatic nitrogens is 1. The van der Waals surface area contributed by atoms with Gasteiger partial charge in [-0.15, -0.1) is 0 Å². The molecule has 0 aromatic carbocycles. The third-order valence-electron chi connectivity index (χ3n) is 1.46. The van der Waals surface area contributed by atoms with E-state index in [0.29, 0.717) is 5.56 Å². The number of pyridine rings is 1. The van der Waals surface area contributed by atoms with Crippen LogP contribution < -0.4 is 0 Å². The summed E-state index contributed by atoms with van der Waals surface area (Å²) in [6.45, 7) is 7.13. The van der Waals surface area contributed by atoms with Crippen LogP contribution in [-0.4, -0.2) is 17.1 Å². The van der Waals surface area contributed by atoms with Crippen LogP contribution >= 0.6 is 0 Å². The predicted octanol–water partition coefficient (Wildman–Crippen LogP) is 1.77. The Hall–Kier alpha value is -1.38. The smallest absolute Gasteiger partial charge is 0.339 e. The minimum absolute atomic E-state index is 0.339. The van der Waals surface area contributed by atoms with Gasteiger partial charge in [-0.1, -0.05) is 0 Å². The molecule has 13 heavy (non-hydrogen) atoms. The highest BCUT2D eigenvalue weighted by atomic mass is 16.5. The van der Waals surface area contributed by atoms with Gasteiger partial charge in [0.25, 0.3) is 0 Å². The van der Waals surface area contributed by atoms with Crippen LogP contribution in [0.15, 0.2) is 18.3 Å². The highest BCUT2D eigenvalue weighted by Gasteiger charge is 2.08. The highest BCUT2D eigenvalue weighted by molar-refractivity contribution is 5.89. The van der Waals surface area contributed by atoms with Crippen LogP contribution in [0.25, 0.3) is 0 Å². The zero-order valence-corrected chi connectivity index (χ0v) is 7.78. The summed E-state index contributed by atoms with van der Waals surface area (Å²) in [6, 6.07) is 3.46. The Labute approximate surface area is 77.8 Å². The molecule has 0 N–H and O–H groups in total. The molecular weight excluding hydrogens is 166 g/mol. The molecule has 0 aliphatic carbocycles. The number of carbonyl (C=O) groups excluding carboxylic acids is 1. The van der Waals surface area contributed by atoms with Crippen molar-refractivity contribution in [3.8, 4) is 0 Å². The standard InChI is InChI=1S/C10H12NO2/c1-7(2)13-10(12)9-5-4-8(3)11-6-9/h4-7H,1H2,2-3H3/t7-/m1/s1. The van der Waals surface area contributed by atoms with E-state index in [1.807, 2.05) is 6.92 Å². The van der Waals surface area contributed by atoms with Gasteiger partial charge in [-0.05, 0) is 32.9 Å². The van der Waals surface area contributed by atoms with Crippen molar-refractivity contribution < 1.29 is 9.53 Å². The Kier molecular flexibility index (Phi) is 3.01. The molecule has 1 atom stereocenters. The van der Waals surface area contributed by atoms with E-state index in [-0.39, 0.29) is 12.1 Å². The molecule has 0 spiro atoms. The van der Waals surface area contributed by atoms with Crippen molar-refractivity contribution in [1.29, 1.82) is 0 Å². The number of ether oxygens (including phenoxy) is 1. The van der Waals surface area contributed by atoms with E-state index < -0.39 is 0 Å². The lowest BCUT2D eigenvalue weighted by molar-refractivity contribution is 0.0420. The molecule has 3 heteroatoms. The Balaban J connectivity index is 2.72. The summed E-state index contributed by atoms with van der Waals surface area (Å²) in [5.41, 5.74) is 1.33. The van der Waals surface area contributed by atoms with Gasteiger partial charge in [-0.2, -0.15) is 0 Å². The second kappa shape index (κ2) is 4.03. The van der Waals surface area contributed by atoms with Crippen LogP contribution in [0.5, 0.6) is 0 Å². The van der Waals surface area contributed by atoms with Crippen molar-refractivity contribution in [2.75, 3.05) is 0 Å². The zero-order chi connectivity index (χ0) is 9.84. The van der Waals surface area contributed by atoms with Gasteiger partial charge in [0.2, 0.25) is 0 Å². The van der Waals surface area contributed by atoms with Crippen LogP contribution in [0.4, 0.5) is 0 Å². The third kappa shape index (κ3) is 2.86. The number of hydrogen-bond acceptors (Lipinski definition) is 3. The van der Waals surface area contributed by atoms with Crippen molar-refractivity contribution >= 4 is 5.97 Å². The molecule has 0 aliphatic heterocycles. The van der Waals surface area contributed by atoms with Gasteiger partial charge in [0.1, 0.15) is 0 Å². The zero-order valence-electron chi connectivity index (χ0n) is 7.78. The second-order valence-electron chi connectivity index (χ2n) is 2.90. The van der Waals surface area contributed by atoms with Crippen molar-refractivity contribution in [1.82, 2.24) is 4.98 Å². The van der Waals surface area contributed by atoms with Crippen molar-refractivity contribution in [3.63, 3.8) is 0 Å². The van der Waals surface area contributed by atoms with Gasteiger partial charge < -0.3 is 4.74 Å². The van der Waals surface area contributed by atoms with Crippen LogP contribution in [-0.2, 0) is 4.74 Å². The molecule has 1 heterocycles. The Morgan fingerprint density at radius 1 is 1.62 bits per heavy atom. The first-order valence-corrected chi connectivity index (χ1v) is 4.06. The maximum atomic E-state index is 11.3. The molecular formula is C10H12NO2. The average molecular weight is 178 g/mol. The highest BCUT2D eigenvalue weighted by Crippen LogP contribution is 2.03. The lowest BCUT2D eigenvalue weighted by Crippen LogP contribution is -2.12. The molecule has 1 aromatic rings. The molecule has 1 aromatic heterocycles. The summed E-state index contributed by atoms with van der Waals surface area (Å²) in [5, 5.41) is 0. The van der Waals surface area contributed by atoms with Crippen molar-refractivity contribution in [2.24, 2.45) is 0 Å². The third-order valence-corrected chi connectivity index (χ3v) is 1.46. The van der Waals surface area contributed by atoms with E-state index in [4.69, 9.17) is 4.74 Å². The Bertz CT molecular complexity index is 290. The normalized spacial score (nSPS) is 10.2. The maximum absolute atomic E-state index is 11.3. The van der Waals surface area contributed by atoms with E-state index in [0.717, 1.165) is 5.69 Å². The van der Waals surface area contributed by atoms with Gasteiger partial charge in [-0.25, -0.2) is 4.79 Å². The molecule has 0 aliphatic rings. The van der Waals surface area contributed by atoms with E-state index >= 15 is 0 Å². The number of nitrogens with zero attached hydrogens (tertiary/aromatic N) is 1. The van der Waals surface area contributed by atoms with Crippen LogP contribution in [0.3, 0.4) is 0 Å². The fraction of sp³-hybridized carbons (Fsp3) is 0.300. The minimum Gasteiger partial charge on any atom is -0.459 e. The molecule has 0 saturated heterocycles. The summed E-state index contributed by atoms with van der Waals surface area (Å²) in [7, 11) is 0. The van der Waals surface area contributed by atoms with Gasteiger partial charge in [0.15, 0.2) is 0 Å². The summed E-state index contributed by atoms with van der Waals surface area (Å²) >= 11 is 0. The van der Waals surface area contributed by atoms with Gasteiger partial charge in [0.05, 0.1) is 11.7 Å². The molecule has 0 fully saturated rings. The topological polar surface area (TPSA) is 39.2 Å². The SMILES string of the molecule is [CH2][C@H](C)OC(=O)c1ccc(C)nc1. The molecule has 0 unspecified atom stereocenters. The van der Waals surface area contributed by atoms with E-state index in [2.05, 4.69) is 11.9 Å². The maximum Gasteiger partial charge on any atom is 0.339 e. The summed E-state index contributed by atoms with van der Waals surface area (Å²) in [5.74, 6) is -0.380. The fourth-order valence-corrected chi connectivity index (χ4v) is 0.839. The number of aryl methyl sites for hydroxylation is 1. The van der Waals surface area contributed by atoms with Crippen molar-refractivity contribution in [2.45, 2.75) is 20.0 Å². The lowest BCUT2D eigenvalue weighted by atomic mass is 10.2. The quantitative estimate of drug-likeness (QED) is 0.648. The van der Waals surface area contributed by atoms with Crippen LogP contribution in [0.2, 0.25) is 0 Å². The Morgan fingerprint density at radius 2 is 2.31 bits per heavy atom. The van der Waals surface area contributed by atoms with E-state index in [9.17, 15) is 4.79 Å². The van der Waals surface area contributed by atoms with Gasteiger partial charge >= 0.3 is 5.97 Å². The Morgan fingerprint density at radius 3 is 2.77 bits per heavy atom.